The van der Waals surface area contributed by atoms with Crippen LogP contribution in [0.5, 0.6) is 0 Å². The molecule has 0 unspecified atom stereocenters. The van der Waals surface area contributed by atoms with E-state index in [0.29, 0.717) is 5.56 Å². The number of benzene rings is 1. The summed E-state index contributed by atoms with van der Waals surface area (Å²) in [6.45, 7) is 6.26. The molecular weight excluding hydrogens is 204 g/mol. The zero-order valence-corrected chi connectivity index (χ0v) is 10.0. The summed E-state index contributed by atoms with van der Waals surface area (Å²) in [6, 6.07) is 7.02. The molecule has 3 nitrogen and oxygen atoms in total. The molecule has 1 aromatic rings. The SMILES string of the molecule is COC(=O)C(=O)c1ccc(C(C)(C)C)cc1. The van der Waals surface area contributed by atoms with Crippen LogP contribution in [0.4, 0.5) is 0 Å². The minimum absolute atomic E-state index is 0.0346. The highest BCUT2D eigenvalue weighted by Crippen LogP contribution is 2.22. The van der Waals surface area contributed by atoms with Crippen LogP contribution in [-0.4, -0.2) is 18.9 Å². The van der Waals surface area contributed by atoms with Crippen molar-refractivity contribution in [2.24, 2.45) is 0 Å². The first-order valence-electron chi connectivity index (χ1n) is 5.09. The van der Waals surface area contributed by atoms with E-state index in [1.54, 1.807) is 12.1 Å². The molecule has 0 bridgehead atoms. The smallest absolute Gasteiger partial charge is 0.379 e. The number of ketones is 1. The van der Waals surface area contributed by atoms with Gasteiger partial charge < -0.3 is 4.74 Å². The fraction of sp³-hybridized carbons (Fsp3) is 0.385. The number of esters is 1. The Hall–Kier alpha value is -1.64. The van der Waals surface area contributed by atoms with E-state index in [0.717, 1.165) is 5.56 Å². The van der Waals surface area contributed by atoms with Crippen LogP contribution >= 0.6 is 0 Å². The first-order chi connectivity index (χ1) is 7.36. The van der Waals surface area contributed by atoms with E-state index in [-0.39, 0.29) is 5.41 Å². The first-order valence-corrected chi connectivity index (χ1v) is 5.09. The molecule has 0 saturated heterocycles. The Morgan fingerprint density at radius 3 is 1.94 bits per heavy atom. The summed E-state index contributed by atoms with van der Waals surface area (Å²) in [6.07, 6.45) is 0. The minimum atomic E-state index is -0.830. The second kappa shape index (κ2) is 4.47. The Kier molecular flexibility index (Phi) is 3.48. The summed E-state index contributed by atoms with van der Waals surface area (Å²) in [5.74, 6) is -1.44. The standard InChI is InChI=1S/C13H16O3/c1-13(2,3)10-7-5-9(6-8-10)11(14)12(15)16-4/h5-8H,1-4H3. The lowest BCUT2D eigenvalue weighted by Gasteiger charge is -2.18. The maximum atomic E-state index is 11.5. The van der Waals surface area contributed by atoms with Gasteiger partial charge in [0, 0.05) is 5.56 Å². The van der Waals surface area contributed by atoms with Gasteiger partial charge in [0.05, 0.1) is 7.11 Å². The molecule has 0 radical (unpaired) electrons. The molecule has 16 heavy (non-hydrogen) atoms. The summed E-state index contributed by atoms with van der Waals surface area (Å²) in [4.78, 5) is 22.5. The zero-order chi connectivity index (χ0) is 12.3. The monoisotopic (exact) mass is 220 g/mol. The third kappa shape index (κ3) is 2.69. The molecule has 1 rings (SSSR count). The van der Waals surface area contributed by atoms with Gasteiger partial charge in [-0.2, -0.15) is 0 Å². The van der Waals surface area contributed by atoms with Gasteiger partial charge in [-0.15, -0.1) is 0 Å². The highest BCUT2D eigenvalue weighted by molar-refractivity contribution is 6.40. The minimum Gasteiger partial charge on any atom is -0.463 e. The third-order valence-corrected chi connectivity index (χ3v) is 2.38. The van der Waals surface area contributed by atoms with Crippen LogP contribution in [0.3, 0.4) is 0 Å². The van der Waals surface area contributed by atoms with Crippen molar-refractivity contribution in [1.82, 2.24) is 0 Å². The van der Waals surface area contributed by atoms with Gasteiger partial charge >= 0.3 is 5.97 Å². The van der Waals surface area contributed by atoms with Gasteiger partial charge in [0.15, 0.2) is 0 Å². The molecule has 0 atom stereocenters. The van der Waals surface area contributed by atoms with Crippen LogP contribution < -0.4 is 0 Å². The third-order valence-electron chi connectivity index (χ3n) is 2.38. The lowest BCUT2D eigenvalue weighted by Crippen LogP contribution is -2.16. The fourth-order valence-corrected chi connectivity index (χ4v) is 1.33. The number of rotatable bonds is 2. The van der Waals surface area contributed by atoms with Crippen LogP contribution in [0.1, 0.15) is 36.7 Å². The number of Topliss-reactive ketones (excluding diaryl/α,β-unsaturated/α-hetero) is 1. The lowest BCUT2D eigenvalue weighted by molar-refractivity contribution is -0.135. The predicted octanol–water partition coefficient (Wildman–Crippen LogP) is 2.34. The number of hydrogen-bond acceptors (Lipinski definition) is 3. The van der Waals surface area contributed by atoms with Gasteiger partial charge in [-0.25, -0.2) is 4.79 Å². The second-order valence-electron chi connectivity index (χ2n) is 4.65. The van der Waals surface area contributed by atoms with E-state index in [4.69, 9.17) is 0 Å². The van der Waals surface area contributed by atoms with Crippen LogP contribution in [-0.2, 0) is 14.9 Å². The van der Waals surface area contributed by atoms with Crippen molar-refractivity contribution in [3.8, 4) is 0 Å². The van der Waals surface area contributed by atoms with Crippen LogP contribution in [0.25, 0.3) is 0 Å². The summed E-state index contributed by atoms with van der Waals surface area (Å²) < 4.78 is 4.38. The Morgan fingerprint density at radius 1 is 1.06 bits per heavy atom. The topological polar surface area (TPSA) is 43.4 Å². The fourth-order valence-electron chi connectivity index (χ4n) is 1.33. The molecular formula is C13H16O3. The van der Waals surface area contributed by atoms with Crippen molar-refractivity contribution >= 4 is 11.8 Å². The van der Waals surface area contributed by atoms with Crippen molar-refractivity contribution in [2.75, 3.05) is 7.11 Å². The highest BCUT2D eigenvalue weighted by Gasteiger charge is 2.18. The van der Waals surface area contributed by atoms with Gasteiger partial charge in [-0.3, -0.25) is 4.79 Å². The van der Waals surface area contributed by atoms with Gasteiger partial charge in [-0.1, -0.05) is 45.0 Å². The van der Waals surface area contributed by atoms with Gasteiger partial charge in [0.2, 0.25) is 0 Å². The number of carbonyl (C=O) groups excluding carboxylic acids is 2. The molecule has 0 spiro atoms. The Bertz CT molecular complexity index is 396. The average Bonchev–Trinajstić information content (AvgIpc) is 2.26. The van der Waals surface area contributed by atoms with E-state index in [1.807, 2.05) is 12.1 Å². The molecule has 86 valence electrons. The number of ether oxygens (including phenoxy) is 1. The van der Waals surface area contributed by atoms with Gasteiger partial charge in [0.25, 0.3) is 5.78 Å². The van der Waals surface area contributed by atoms with E-state index >= 15 is 0 Å². The van der Waals surface area contributed by atoms with E-state index in [1.165, 1.54) is 7.11 Å². The van der Waals surface area contributed by atoms with Crippen molar-refractivity contribution in [1.29, 1.82) is 0 Å². The van der Waals surface area contributed by atoms with Gasteiger partial charge in [-0.05, 0) is 11.0 Å². The normalized spacial score (nSPS) is 11.0. The van der Waals surface area contributed by atoms with E-state index in [2.05, 4.69) is 25.5 Å². The molecule has 0 N–H and O–H groups in total. The van der Waals surface area contributed by atoms with E-state index < -0.39 is 11.8 Å². The molecule has 0 heterocycles. The first kappa shape index (κ1) is 12.4. The molecule has 0 aromatic heterocycles. The molecule has 0 aliphatic rings. The molecule has 3 heteroatoms. The second-order valence-corrected chi connectivity index (χ2v) is 4.65. The van der Waals surface area contributed by atoms with E-state index in [9.17, 15) is 9.59 Å². The van der Waals surface area contributed by atoms with Crippen LogP contribution in [0.2, 0.25) is 0 Å². The quantitative estimate of drug-likeness (QED) is 0.436. The maximum Gasteiger partial charge on any atom is 0.379 e. The summed E-state index contributed by atoms with van der Waals surface area (Å²) in [7, 11) is 1.20. The van der Waals surface area contributed by atoms with Crippen molar-refractivity contribution in [3.63, 3.8) is 0 Å². The van der Waals surface area contributed by atoms with Crippen molar-refractivity contribution in [2.45, 2.75) is 26.2 Å². The lowest BCUT2D eigenvalue weighted by atomic mass is 9.86. The summed E-state index contributed by atoms with van der Waals surface area (Å²) in [5.41, 5.74) is 1.51. The largest absolute Gasteiger partial charge is 0.463 e. The maximum absolute atomic E-state index is 11.5. The highest BCUT2D eigenvalue weighted by atomic mass is 16.5. The van der Waals surface area contributed by atoms with Gasteiger partial charge in [0.1, 0.15) is 0 Å². The summed E-state index contributed by atoms with van der Waals surface area (Å²) in [5, 5.41) is 0. The number of methoxy groups -OCH3 is 1. The zero-order valence-electron chi connectivity index (χ0n) is 10.0. The number of carbonyl (C=O) groups is 2. The molecule has 0 fully saturated rings. The van der Waals surface area contributed by atoms with Crippen molar-refractivity contribution in [3.05, 3.63) is 35.4 Å². The Morgan fingerprint density at radius 2 is 1.56 bits per heavy atom. The molecule has 1 aromatic carbocycles. The van der Waals surface area contributed by atoms with Crippen LogP contribution in [0, 0.1) is 0 Å². The molecule has 0 aliphatic carbocycles. The summed E-state index contributed by atoms with van der Waals surface area (Å²) >= 11 is 0. The molecule has 0 saturated carbocycles. The molecule has 0 amide bonds. The molecule has 0 aliphatic heterocycles. The number of hydrogen-bond donors (Lipinski definition) is 0. The average molecular weight is 220 g/mol. The van der Waals surface area contributed by atoms with Crippen molar-refractivity contribution < 1.29 is 14.3 Å². The predicted molar refractivity (Wildman–Crippen MR) is 61.5 cm³/mol. The Balaban J connectivity index is 2.96. The Labute approximate surface area is 95.4 Å². The van der Waals surface area contributed by atoms with Crippen LogP contribution in [0.15, 0.2) is 24.3 Å².